The average molecular weight is 263 g/mol. The van der Waals surface area contributed by atoms with Crippen LogP contribution in [0.4, 0.5) is 4.39 Å². The molecule has 0 bridgehead atoms. The second-order valence-corrected chi connectivity index (χ2v) is 4.55. The molecule has 0 aliphatic rings. The summed E-state index contributed by atoms with van der Waals surface area (Å²) < 4.78 is 16.0. The second-order valence-electron chi connectivity index (χ2n) is 4.55. The molecule has 4 aromatic rings. The first-order chi connectivity index (χ1) is 9.84. The number of hydrogen-bond acceptors (Lipinski definition) is 2. The van der Waals surface area contributed by atoms with Gasteiger partial charge < -0.3 is 0 Å². The monoisotopic (exact) mass is 263 g/mol. The molecule has 20 heavy (non-hydrogen) atoms. The number of rotatable bonds is 1. The van der Waals surface area contributed by atoms with Crippen LogP contribution in [0.5, 0.6) is 0 Å². The molecular weight excluding hydrogens is 253 g/mol. The summed E-state index contributed by atoms with van der Waals surface area (Å²) >= 11 is 0. The maximum absolute atomic E-state index is 14.0. The summed E-state index contributed by atoms with van der Waals surface area (Å²) in [6, 6.07) is 14.4. The van der Waals surface area contributed by atoms with Gasteiger partial charge in [0.05, 0.1) is 11.0 Å². The van der Waals surface area contributed by atoms with Gasteiger partial charge in [-0.15, -0.1) is 0 Å². The molecule has 0 saturated carbocycles. The van der Waals surface area contributed by atoms with Gasteiger partial charge in [0.2, 0.25) is 0 Å². The molecule has 0 N–H and O–H groups in total. The summed E-state index contributed by atoms with van der Waals surface area (Å²) in [7, 11) is 0. The van der Waals surface area contributed by atoms with Gasteiger partial charge in [-0.05, 0) is 24.3 Å². The second kappa shape index (κ2) is 4.13. The van der Waals surface area contributed by atoms with E-state index in [1.54, 1.807) is 24.4 Å². The maximum atomic E-state index is 14.0. The van der Waals surface area contributed by atoms with Gasteiger partial charge in [0.15, 0.2) is 5.65 Å². The first kappa shape index (κ1) is 11.1. The number of imidazole rings is 1. The standard InChI is InChI=1S/C16H10FN3/c17-12-6-2-1-5-11(12)15-16-18-9-10-20(16)14-8-4-3-7-13(14)19-15/h1-10H. The van der Waals surface area contributed by atoms with Crippen LogP contribution in [-0.4, -0.2) is 14.4 Å². The van der Waals surface area contributed by atoms with Crippen LogP contribution in [0, 0.1) is 5.82 Å². The molecule has 0 radical (unpaired) electrons. The van der Waals surface area contributed by atoms with Crippen molar-refractivity contribution in [1.29, 1.82) is 0 Å². The molecule has 3 nitrogen and oxygen atoms in total. The van der Waals surface area contributed by atoms with E-state index in [9.17, 15) is 4.39 Å². The average Bonchev–Trinajstić information content (AvgIpc) is 2.97. The van der Waals surface area contributed by atoms with Crippen molar-refractivity contribution < 1.29 is 4.39 Å². The summed E-state index contributed by atoms with van der Waals surface area (Å²) in [6.07, 6.45) is 3.57. The van der Waals surface area contributed by atoms with E-state index in [4.69, 9.17) is 0 Å². The number of nitrogens with zero attached hydrogens (tertiary/aromatic N) is 3. The van der Waals surface area contributed by atoms with E-state index in [2.05, 4.69) is 9.97 Å². The molecule has 0 fully saturated rings. The maximum Gasteiger partial charge on any atom is 0.164 e. The highest BCUT2D eigenvalue weighted by Gasteiger charge is 2.13. The van der Waals surface area contributed by atoms with Gasteiger partial charge in [0, 0.05) is 18.0 Å². The van der Waals surface area contributed by atoms with E-state index < -0.39 is 0 Å². The molecule has 4 heteroatoms. The Bertz CT molecular complexity index is 927. The normalized spacial score (nSPS) is 11.2. The van der Waals surface area contributed by atoms with Gasteiger partial charge in [-0.1, -0.05) is 24.3 Å². The Balaban J connectivity index is 2.17. The molecule has 0 saturated heterocycles. The Morgan fingerprint density at radius 3 is 2.65 bits per heavy atom. The fourth-order valence-corrected chi connectivity index (χ4v) is 2.44. The van der Waals surface area contributed by atoms with Gasteiger partial charge in [0.25, 0.3) is 0 Å². The Labute approximate surface area is 114 Å². The Kier molecular flexibility index (Phi) is 2.29. The van der Waals surface area contributed by atoms with Crippen molar-refractivity contribution in [3.8, 4) is 11.3 Å². The SMILES string of the molecule is Fc1ccccc1-c1nc2ccccc2n2ccnc12. The van der Waals surface area contributed by atoms with Crippen molar-refractivity contribution in [2.45, 2.75) is 0 Å². The molecule has 0 amide bonds. The van der Waals surface area contributed by atoms with E-state index >= 15 is 0 Å². The molecule has 0 aliphatic carbocycles. The zero-order valence-corrected chi connectivity index (χ0v) is 10.5. The number of hydrogen-bond donors (Lipinski definition) is 0. The molecule has 0 unspecified atom stereocenters. The molecule has 2 heterocycles. The number of aromatic nitrogens is 3. The zero-order valence-electron chi connectivity index (χ0n) is 10.5. The lowest BCUT2D eigenvalue weighted by Crippen LogP contribution is -1.96. The first-order valence-electron chi connectivity index (χ1n) is 6.31. The van der Waals surface area contributed by atoms with Gasteiger partial charge in [0.1, 0.15) is 11.5 Å². The van der Waals surface area contributed by atoms with Gasteiger partial charge >= 0.3 is 0 Å². The molecule has 2 aromatic heterocycles. The van der Waals surface area contributed by atoms with E-state index in [-0.39, 0.29) is 5.82 Å². The van der Waals surface area contributed by atoms with Crippen LogP contribution in [-0.2, 0) is 0 Å². The highest BCUT2D eigenvalue weighted by Crippen LogP contribution is 2.27. The number of halogens is 1. The van der Waals surface area contributed by atoms with Crippen LogP contribution in [0.25, 0.3) is 27.9 Å². The fourth-order valence-electron chi connectivity index (χ4n) is 2.44. The summed E-state index contributed by atoms with van der Waals surface area (Å²) in [5, 5.41) is 0. The van der Waals surface area contributed by atoms with E-state index in [0.717, 1.165) is 11.0 Å². The van der Waals surface area contributed by atoms with Crippen molar-refractivity contribution >= 4 is 16.7 Å². The minimum absolute atomic E-state index is 0.291. The third-order valence-electron chi connectivity index (χ3n) is 3.36. The lowest BCUT2D eigenvalue weighted by Gasteiger charge is -2.08. The third-order valence-corrected chi connectivity index (χ3v) is 3.36. The van der Waals surface area contributed by atoms with Crippen LogP contribution in [0.15, 0.2) is 60.9 Å². The van der Waals surface area contributed by atoms with Crippen LogP contribution < -0.4 is 0 Å². The third kappa shape index (κ3) is 1.51. The lowest BCUT2D eigenvalue weighted by atomic mass is 10.1. The van der Waals surface area contributed by atoms with Crippen LogP contribution in [0.1, 0.15) is 0 Å². The number of fused-ring (bicyclic) bond motifs is 3. The largest absolute Gasteiger partial charge is 0.296 e. The lowest BCUT2D eigenvalue weighted by molar-refractivity contribution is 0.631. The summed E-state index contributed by atoms with van der Waals surface area (Å²) in [6.45, 7) is 0. The van der Waals surface area contributed by atoms with Crippen LogP contribution >= 0.6 is 0 Å². The molecule has 96 valence electrons. The minimum atomic E-state index is -0.291. The topological polar surface area (TPSA) is 30.2 Å². The number of benzene rings is 2. The smallest absolute Gasteiger partial charge is 0.164 e. The van der Waals surface area contributed by atoms with Crippen molar-refractivity contribution in [3.63, 3.8) is 0 Å². The van der Waals surface area contributed by atoms with E-state index in [1.807, 2.05) is 34.9 Å². The van der Waals surface area contributed by atoms with Crippen molar-refractivity contribution in [1.82, 2.24) is 14.4 Å². The molecule has 0 spiro atoms. The van der Waals surface area contributed by atoms with Crippen LogP contribution in [0.2, 0.25) is 0 Å². The first-order valence-corrected chi connectivity index (χ1v) is 6.31. The minimum Gasteiger partial charge on any atom is -0.296 e. The predicted octanol–water partition coefficient (Wildman–Crippen LogP) is 3.69. The highest BCUT2D eigenvalue weighted by molar-refractivity contribution is 5.85. The van der Waals surface area contributed by atoms with Gasteiger partial charge in [-0.3, -0.25) is 4.40 Å². The Morgan fingerprint density at radius 1 is 0.950 bits per heavy atom. The summed E-state index contributed by atoms with van der Waals surface area (Å²) in [5.74, 6) is -0.291. The highest BCUT2D eigenvalue weighted by atomic mass is 19.1. The van der Waals surface area contributed by atoms with Crippen molar-refractivity contribution in [3.05, 3.63) is 66.7 Å². The van der Waals surface area contributed by atoms with Crippen molar-refractivity contribution in [2.24, 2.45) is 0 Å². The fraction of sp³-hybridized carbons (Fsp3) is 0. The summed E-state index contributed by atoms with van der Waals surface area (Å²) in [4.78, 5) is 8.90. The predicted molar refractivity (Wildman–Crippen MR) is 75.9 cm³/mol. The van der Waals surface area contributed by atoms with E-state index in [1.165, 1.54) is 6.07 Å². The molecule has 0 aliphatic heterocycles. The summed E-state index contributed by atoms with van der Waals surface area (Å²) in [5.41, 5.74) is 3.46. The zero-order chi connectivity index (χ0) is 13.5. The van der Waals surface area contributed by atoms with Crippen molar-refractivity contribution in [2.75, 3.05) is 0 Å². The Hall–Kier alpha value is -2.75. The van der Waals surface area contributed by atoms with Gasteiger partial charge in [-0.25, -0.2) is 14.4 Å². The molecule has 0 atom stereocenters. The number of para-hydroxylation sites is 2. The molecule has 4 rings (SSSR count). The van der Waals surface area contributed by atoms with Crippen LogP contribution in [0.3, 0.4) is 0 Å². The quantitative estimate of drug-likeness (QED) is 0.524. The van der Waals surface area contributed by atoms with Gasteiger partial charge in [-0.2, -0.15) is 0 Å². The van der Waals surface area contributed by atoms with E-state index in [0.29, 0.717) is 16.9 Å². The molecule has 2 aromatic carbocycles. The Morgan fingerprint density at radius 2 is 1.75 bits per heavy atom. The molecular formula is C16H10FN3.